The molecule has 1 aromatic rings. The van der Waals surface area contributed by atoms with Crippen molar-refractivity contribution in [3.8, 4) is 0 Å². The van der Waals surface area contributed by atoms with Crippen LogP contribution in [0.5, 0.6) is 0 Å². The Morgan fingerprint density at radius 3 is 3.26 bits per heavy atom. The average molecular weight is 290 g/mol. The van der Waals surface area contributed by atoms with Crippen molar-refractivity contribution in [3.63, 3.8) is 0 Å². The highest BCUT2D eigenvalue weighted by atomic mass is 35.5. The van der Waals surface area contributed by atoms with Crippen LogP contribution in [-0.2, 0) is 9.47 Å². The van der Waals surface area contributed by atoms with E-state index in [0.717, 1.165) is 0 Å². The molecule has 1 aliphatic rings. The zero-order chi connectivity index (χ0) is 13.7. The summed E-state index contributed by atoms with van der Waals surface area (Å²) in [5.41, 5.74) is 0.231. The van der Waals surface area contributed by atoms with Gasteiger partial charge >= 0.3 is 0 Å². The highest BCUT2D eigenvalue weighted by Gasteiger charge is 2.29. The van der Waals surface area contributed by atoms with Crippen molar-refractivity contribution in [2.45, 2.75) is 18.6 Å². The number of amides is 1. The van der Waals surface area contributed by atoms with Gasteiger partial charge in [0.15, 0.2) is 0 Å². The molecule has 0 aromatic carbocycles. The fourth-order valence-electron chi connectivity index (χ4n) is 1.92. The lowest BCUT2D eigenvalue weighted by atomic mass is 10.1. The van der Waals surface area contributed by atoms with Crippen molar-refractivity contribution in [2.24, 2.45) is 0 Å². The van der Waals surface area contributed by atoms with Gasteiger partial charge in [0.2, 0.25) is 0 Å². The van der Waals surface area contributed by atoms with Crippen molar-refractivity contribution < 1.29 is 19.4 Å². The summed E-state index contributed by atoms with van der Waals surface area (Å²) in [7, 11) is 0. The molecule has 0 radical (unpaired) electrons. The van der Waals surface area contributed by atoms with Gasteiger partial charge < -0.3 is 19.9 Å². The number of aromatic amines is 1. The standard InChI is InChI=1S/C11H16ClN3O4/c12-7-5-13-15-10(7)11(17)14-8-1-3-18-6-9(8)19-4-2-16/h5,8-9,16H,1-4,6H2,(H,13,15)(H,14,17)/t8-,9-/m1/s1. The molecule has 1 aromatic heterocycles. The van der Waals surface area contributed by atoms with Gasteiger partial charge in [-0.05, 0) is 6.42 Å². The molecule has 0 spiro atoms. The summed E-state index contributed by atoms with van der Waals surface area (Å²) < 4.78 is 10.7. The minimum absolute atomic E-state index is 0.0659. The van der Waals surface area contributed by atoms with Crippen LogP contribution >= 0.6 is 11.6 Å². The van der Waals surface area contributed by atoms with Gasteiger partial charge in [-0.2, -0.15) is 5.10 Å². The van der Waals surface area contributed by atoms with Crippen LogP contribution in [0.15, 0.2) is 6.20 Å². The molecule has 0 saturated carbocycles. The van der Waals surface area contributed by atoms with E-state index >= 15 is 0 Å². The van der Waals surface area contributed by atoms with Gasteiger partial charge in [0, 0.05) is 6.61 Å². The number of ether oxygens (including phenoxy) is 2. The Bertz CT molecular complexity index is 426. The van der Waals surface area contributed by atoms with Crippen molar-refractivity contribution in [1.82, 2.24) is 15.5 Å². The smallest absolute Gasteiger partial charge is 0.271 e. The van der Waals surface area contributed by atoms with Crippen molar-refractivity contribution in [1.29, 1.82) is 0 Å². The highest BCUT2D eigenvalue weighted by molar-refractivity contribution is 6.33. The summed E-state index contributed by atoms with van der Waals surface area (Å²) in [5, 5.41) is 18.1. The molecule has 2 heterocycles. The summed E-state index contributed by atoms with van der Waals surface area (Å²) in [4.78, 5) is 12.0. The molecule has 1 amide bonds. The van der Waals surface area contributed by atoms with E-state index in [0.29, 0.717) is 19.6 Å². The molecule has 2 rings (SSSR count). The molecule has 1 saturated heterocycles. The van der Waals surface area contributed by atoms with Gasteiger partial charge in [-0.3, -0.25) is 9.89 Å². The molecular weight excluding hydrogens is 274 g/mol. The monoisotopic (exact) mass is 289 g/mol. The summed E-state index contributed by atoms with van der Waals surface area (Å²) in [6.07, 6.45) is 1.75. The predicted molar refractivity (Wildman–Crippen MR) is 67.1 cm³/mol. The summed E-state index contributed by atoms with van der Waals surface area (Å²) in [5.74, 6) is -0.327. The quantitative estimate of drug-likeness (QED) is 0.707. The maximum atomic E-state index is 12.0. The fraction of sp³-hybridized carbons (Fsp3) is 0.636. The molecule has 8 heteroatoms. The van der Waals surface area contributed by atoms with Gasteiger partial charge in [0.1, 0.15) is 11.8 Å². The summed E-state index contributed by atoms with van der Waals surface area (Å²) >= 11 is 5.83. The normalized spacial score (nSPS) is 23.3. The number of nitrogens with zero attached hydrogens (tertiary/aromatic N) is 1. The number of aliphatic hydroxyl groups is 1. The molecule has 106 valence electrons. The van der Waals surface area contributed by atoms with Crippen LogP contribution in [0.4, 0.5) is 0 Å². The van der Waals surface area contributed by atoms with Crippen LogP contribution in [0.1, 0.15) is 16.9 Å². The van der Waals surface area contributed by atoms with Crippen molar-refractivity contribution >= 4 is 17.5 Å². The van der Waals surface area contributed by atoms with E-state index in [2.05, 4.69) is 15.5 Å². The maximum Gasteiger partial charge on any atom is 0.271 e. The topological polar surface area (TPSA) is 96.5 Å². The number of hydrogen-bond acceptors (Lipinski definition) is 5. The van der Waals surface area contributed by atoms with Crippen molar-refractivity contribution in [2.75, 3.05) is 26.4 Å². The Morgan fingerprint density at radius 1 is 1.74 bits per heavy atom. The number of rotatable bonds is 5. The maximum absolute atomic E-state index is 12.0. The van der Waals surface area contributed by atoms with Gasteiger partial charge in [0.05, 0.1) is 37.1 Å². The lowest BCUT2D eigenvalue weighted by molar-refractivity contribution is -0.0737. The number of H-pyrrole nitrogens is 1. The first-order valence-electron chi connectivity index (χ1n) is 6.02. The molecule has 1 fully saturated rings. The second-order valence-corrected chi connectivity index (χ2v) is 4.58. The number of carbonyl (C=O) groups is 1. The molecular formula is C11H16ClN3O4. The highest BCUT2D eigenvalue weighted by Crippen LogP contribution is 2.15. The molecule has 0 unspecified atom stereocenters. The average Bonchev–Trinajstić information content (AvgIpc) is 2.84. The number of carbonyl (C=O) groups excluding carboxylic acids is 1. The Kier molecular flexibility index (Phi) is 5.15. The minimum Gasteiger partial charge on any atom is -0.394 e. The van der Waals surface area contributed by atoms with Crippen molar-refractivity contribution in [3.05, 3.63) is 16.9 Å². The first-order chi connectivity index (χ1) is 9.22. The fourth-order valence-corrected chi connectivity index (χ4v) is 2.09. The van der Waals surface area contributed by atoms with E-state index in [1.807, 2.05) is 0 Å². The lowest BCUT2D eigenvalue weighted by Crippen LogP contribution is -2.50. The largest absolute Gasteiger partial charge is 0.394 e. The second-order valence-electron chi connectivity index (χ2n) is 4.17. The predicted octanol–water partition coefficient (Wildman–Crippen LogP) is -0.0407. The molecule has 2 atom stereocenters. The van der Waals surface area contributed by atoms with Crippen LogP contribution in [0.3, 0.4) is 0 Å². The SMILES string of the molecule is O=C(N[C@@H]1CCOC[C@H]1OCCO)c1[nH]ncc1Cl. The molecule has 19 heavy (non-hydrogen) atoms. The van der Waals surface area contributed by atoms with Gasteiger partial charge in [-0.15, -0.1) is 0 Å². The third-order valence-electron chi connectivity index (χ3n) is 2.86. The molecule has 7 nitrogen and oxygen atoms in total. The third-order valence-corrected chi connectivity index (χ3v) is 3.15. The zero-order valence-corrected chi connectivity index (χ0v) is 11.0. The Hall–Kier alpha value is -1.15. The van der Waals surface area contributed by atoms with Gasteiger partial charge in [0.25, 0.3) is 5.91 Å². The van der Waals surface area contributed by atoms with Crippen LogP contribution < -0.4 is 5.32 Å². The summed E-state index contributed by atoms with van der Waals surface area (Å²) in [6.45, 7) is 1.09. The van der Waals surface area contributed by atoms with E-state index in [-0.39, 0.29) is 42.0 Å². The number of nitrogens with one attached hydrogen (secondary N) is 2. The Balaban J connectivity index is 1.95. The Labute approximate surface area is 115 Å². The summed E-state index contributed by atoms with van der Waals surface area (Å²) in [6, 6.07) is -0.174. The van der Waals surface area contributed by atoms with Crippen LogP contribution in [0, 0.1) is 0 Å². The first kappa shape index (κ1) is 14.3. The van der Waals surface area contributed by atoms with E-state index < -0.39 is 0 Å². The van der Waals surface area contributed by atoms with Crippen LogP contribution in [0.2, 0.25) is 5.02 Å². The van der Waals surface area contributed by atoms with E-state index in [4.69, 9.17) is 26.2 Å². The zero-order valence-electron chi connectivity index (χ0n) is 10.3. The minimum atomic E-state index is -0.327. The number of halogens is 1. The second kappa shape index (κ2) is 6.85. The number of aliphatic hydroxyl groups excluding tert-OH is 1. The number of aromatic nitrogens is 2. The Morgan fingerprint density at radius 2 is 2.58 bits per heavy atom. The lowest BCUT2D eigenvalue weighted by Gasteiger charge is -2.31. The van der Waals surface area contributed by atoms with Gasteiger partial charge in [-0.1, -0.05) is 11.6 Å². The molecule has 0 bridgehead atoms. The third kappa shape index (κ3) is 3.66. The molecule has 0 aliphatic carbocycles. The molecule has 1 aliphatic heterocycles. The van der Waals surface area contributed by atoms with E-state index in [1.54, 1.807) is 0 Å². The van der Waals surface area contributed by atoms with Gasteiger partial charge in [-0.25, -0.2) is 0 Å². The van der Waals surface area contributed by atoms with E-state index in [9.17, 15) is 4.79 Å². The number of hydrogen-bond donors (Lipinski definition) is 3. The van der Waals surface area contributed by atoms with E-state index in [1.165, 1.54) is 6.20 Å². The van der Waals surface area contributed by atoms with Crippen LogP contribution in [0.25, 0.3) is 0 Å². The first-order valence-corrected chi connectivity index (χ1v) is 6.40. The molecule has 3 N–H and O–H groups in total. The van der Waals surface area contributed by atoms with Crippen LogP contribution in [-0.4, -0.2) is 59.8 Å².